The molecule has 2 N–H and O–H groups in total. The minimum atomic E-state index is -0.932. The molecule has 2 rings (SSSR count). The quantitative estimate of drug-likeness (QED) is 0.881. The molecule has 0 aliphatic heterocycles. The SMILES string of the molecule is COc1cc(C(C)(C)C)cc(C2(C(=O)O)CC2)c1O. The number of carboxylic acids is 1. The van der Waals surface area contributed by atoms with Gasteiger partial charge in [-0.1, -0.05) is 26.8 Å². The van der Waals surface area contributed by atoms with Gasteiger partial charge in [-0.25, -0.2) is 0 Å². The summed E-state index contributed by atoms with van der Waals surface area (Å²) in [6, 6.07) is 3.58. The van der Waals surface area contributed by atoms with Gasteiger partial charge in [-0.15, -0.1) is 0 Å². The van der Waals surface area contributed by atoms with Gasteiger partial charge in [0.15, 0.2) is 11.5 Å². The highest BCUT2D eigenvalue weighted by Crippen LogP contribution is 2.54. The molecule has 4 heteroatoms. The summed E-state index contributed by atoms with van der Waals surface area (Å²) in [7, 11) is 1.48. The molecule has 19 heavy (non-hydrogen) atoms. The molecule has 1 fully saturated rings. The first-order valence-electron chi connectivity index (χ1n) is 6.38. The number of aliphatic carboxylic acids is 1. The second kappa shape index (κ2) is 4.15. The van der Waals surface area contributed by atoms with Crippen molar-refractivity contribution in [2.75, 3.05) is 7.11 Å². The summed E-state index contributed by atoms with van der Waals surface area (Å²) < 4.78 is 5.18. The Bertz CT molecular complexity index is 522. The number of phenolic OH excluding ortho intramolecular Hbond substituents is 1. The van der Waals surface area contributed by atoms with E-state index in [9.17, 15) is 15.0 Å². The molecule has 0 saturated heterocycles. The lowest BCUT2D eigenvalue weighted by Crippen LogP contribution is -2.21. The van der Waals surface area contributed by atoms with Gasteiger partial charge in [0.25, 0.3) is 0 Å². The summed E-state index contributed by atoms with van der Waals surface area (Å²) in [5.41, 5.74) is 0.372. The van der Waals surface area contributed by atoms with Crippen LogP contribution in [0.2, 0.25) is 0 Å². The van der Waals surface area contributed by atoms with Gasteiger partial charge in [0.1, 0.15) is 0 Å². The average molecular weight is 264 g/mol. The van der Waals surface area contributed by atoms with E-state index in [4.69, 9.17) is 4.74 Å². The highest BCUT2D eigenvalue weighted by Gasteiger charge is 2.54. The van der Waals surface area contributed by atoms with Crippen molar-refractivity contribution >= 4 is 5.97 Å². The van der Waals surface area contributed by atoms with Gasteiger partial charge in [0, 0.05) is 5.56 Å². The maximum absolute atomic E-state index is 11.4. The first-order chi connectivity index (χ1) is 8.72. The first kappa shape index (κ1) is 13.7. The van der Waals surface area contributed by atoms with Gasteiger partial charge in [-0.2, -0.15) is 0 Å². The summed E-state index contributed by atoms with van der Waals surface area (Å²) in [6.07, 6.45) is 1.12. The molecule has 4 nitrogen and oxygen atoms in total. The lowest BCUT2D eigenvalue weighted by atomic mass is 9.83. The van der Waals surface area contributed by atoms with Crippen LogP contribution in [-0.4, -0.2) is 23.3 Å². The minimum absolute atomic E-state index is 0.0459. The van der Waals surface area contributed by atoms with Crippen molar-refractivity contribution in [1.82, 2.24) is 0 Å². The molecule has 1 aromatic rings. The molecule has 0 amide bonds. The number of carbonyl (C=O) groups is 1. The Morgan fingerprint density at radius 3 is 2.26 bits per heavy atom. The van der Waals surface area contributed by atoms with Crippen LogP contribution in [0.1, 0.15) is 44.7 Å². The molecule has 104 valence electrons. The average Bonchev–Trinajstić information content (AvgIpc) is 3.09. The minimum Gasteiger partial charge on any atom is -0.504 e. The zero-order chi connectivity index (χ0) is 14.4. The van der Waals surface area contributed by atoms with E-state index in [0.717, 1.165) is 5.56 Å². The zero-order valence-corrected chi connectivity index (χ0v) is 11.8. The van der Waals surface area contributed by atoms with Crippen molar-refractivity contribution < 1.29 is 19.7 Å². The number of carboxylic acid groups (broad SMARTS) is 1. The molecule has 0 spiro atoms. The highest BCUT2D eigenvalue weighted by atomic mass is 16.5. The monoisotopic (exact) mass is 264 g/mol. The van der Waals surface area contributed by atoms with Crippen LogP contribution < -0.4 is 4.74 Å². The Labute approximate surface area is 113 Å². The number of hydrogen-bond donors (Lipinski definition) is 2. The van der Waals surface area contributed by atoms with Crippen molar-refractivity contribution in [3.8, 4) is 11.5 Å². The van der Waals surface area contributed by atoms with Gasteiger partial charge >= 0.3 is 5.97 Å². The molecule has 0 atom stereocenters. The van der Waals surface area contributed by atoms with Crippen molar-refractivity contribution in [1.29, 1.82) is 0 Å². The van der Waals surface area contributed by atoms with E-state index in [1.54, 1.807) is 12.1 Å². The van der Waals surface area contributed by atoms with E-state index >= 15 is 0 Å². The lowest BCUT2D eigenvalue weighted by Gasteiger charge is -2.23. The fourth-order valence-corrected chi connectivity index (χ4v) is 2.28. The largest absolute Gasteiger partial charge is 0.504 e. The third kappa shape index (κ3) is 2.15. The molecule has 0 unspecified atom stereocenters. The molecular formula is C15H20O4. The van der Waals surface area contributed by atoms with Crippen LogP contribution in [0, 0.1) is 0 Å². The lowest BCUT2D eigenvalue weighted by molar-refractivity contribution is -0.140. The predicted octanol–water partition coefficient (Wildman–Crippen LogP) is 2.81. The number of hydrogen-bond acceptors (Lipinski definition) is 3. The summed E-state index contributed by atoms with van der Waals surface area (Å²) in [5.74, 6) is -0.582. The van der Waals surface area contributed by atoms with E-state index in [-0.39, 0.29) is 11.2 Å². The number of benzene rings is 1. The Morgan fingerprint density at radius 2 is 1.89 bits per heavy atom. The number of phenols is 1. The molecule has 1 aromatic carbocycles. The third-order valence-corrected chi connectivity index (χ3v) is 3.84. The van der Waals surface area contributed by atoms with Crippen molar-refractivity contribution in [2.45, 2.75) is 44.4 Å². The Kier molecular flexibility index (Phi) is 3.00. The molecular weight excluding hydrogens is 244 g/mol. The molecule has 0 radical (unpaired) electrons. The van der Waals surface area contributed by atoms with E-state index in [2.05, 4.69) is 0 Å². The number of rotatable bonds is 3. The first-order valence-corrected chi connectivity index (χ1v) is 6.38. The van der Waals surface area contributed by atoms with Crippen LogP contribution in [-0.2, 0) is 15.6 Å². The molecule has 1 aliphatic carbocycles. The highest BCUT2D eigenvalue weighted by molar-refractivity contribution is 5.86. The van der Waals surface area contributed by atoms with Crippen molar-refractivity contribution in [3.63, 3.8) is 0 Å². The molecule has 0 bridgehead atoms. The second-order valence-electron chi connectivity index (χ2n) is 6.21. The van der Waals surface area contributed by atoms with Crippen LogP contribution in [0.5, 0.6) is 11.5 Å². The van der Waals surface area contributed by atoms with Crippen LogP contribution in [0.4, 0.5) is 0 Å². The van der Waals surface area contributed by atoms with Gasteiger partial charge in [-0.3, -0.25) is 4.79 Å². The predicted molar refractivity (Wildman–Crippen MR) is 71.9 cm³/mol. The summed E-state index contributed by atoms with van der Waals surface area (Å²) in [6.45, 7) is 6.13. The Hall–Kier alpha value is -1.71. The van der Waals surface area contributed by atoms with E-state index in [1.807, 2.05) is 20.8 Å². The van der Waals surface area contributed by atoms with Crippen LogP contribution in [0.3, 0.4) is 0 Å². The fourth-order valence-electron chi connectivity index (χ4n) is 2.28. The molecule has 1 saturated carbocycles. The maximum Gasteiger partial charge on any atom is 0.314 e. The maximum atomic E-state index is 11.4. The number of aromatic hydroxyl groups is 1. The summed E-state index contributed by atoms with van der Waals surface area (Å²) in [4.78, 5) is 11.4. The van der Waals surface area contributed by atoms with E-state index in [0.29, 0.717) is 24.2 Å². The molecule has 0 heterocycles. The fraction of sp³-hybridized carbons (Fsp3) is 0.533. The Balaban J connectivity index is 2.64. The van der Waals surface area contributed by atoms with Gasteiger partial charge in [0.05, 0.1) is 12.5 Å². The van der Waals surface area contributed by atoms with Gasteiger partial charge in [-0.05, 0) is 29.9 Å². The van der Waals surface area contributed by atoms with E-state index in [1.165, 1.54) is 7.11 Å². The third-order valence-electron chi connectivity index (χ3n) is 3.84. The molecule has 1 aliphatic rings. The Morgan fingerprint density at radius 1 is 1.32 bits per heavy atom. The zero-order valence-electron chi connectivity index (χ0n) is 11.8. The van der Waals surface area contributed by atoms with Gasteiger partial charge in [0.2, 0.25) is 0 Å². The molecule has 0 aromatic heterocycles. The van der Waals surface area contributed by atoms with Crippen LogP contribution in [0.15, 0.2) is 12.1 Å². The number of ether oxygens (including phenoxy) is 1. The van der Waals surface area contributed by atoms with Crippen LogP contribution in [0.25, 0.3) is 0 Å². The summed E-state index contributed by atoms with van der Waals surface area (Å²) >= 11 is 0. The number of methoxy groups -OCH3 is 1. The second-order valence-corrected chi connectivity index (χ2v) is 6.21. The normalized spacial score (nSPS) is 17.1. The topological polar surface area (TPSA) is 66.8 Å². The summed E-state index contributed by atoms with van der Waals surface area (Å²) in [5, 5.41) is 19.6. The van der Waals surface area contributed by atoms with Crippen LogP contribution >= 0.6 is 0 Å². The van der Waals surface area contributed by atoms with Crippen molar-refractivity contribution in [3.05, 3.63) is 23.3 Å². The standard InChI is InChI=1S/C15H20O4/c1-14(2,3)9-7-10(12(16)11(8-9)19-4)15(5-6-15)13(17)18/h7-8,16H,5-6H2,1-4H3,(H,17,18). The van der Waals surface area contributed by atoms with Crippen molar-refractivity contribution in [2.24, 2.45) is 0 Å². The van der Waals surface area contributed by atoms with Gasteiger partial charge < -0.3 is 14.9 Å². The van der Waals surface area contributed by atoms with E-state index < -0.39 is 11.4 Å². The smallest absolute Gasteiger partial charge is 0.314 e.